The van der Waals surface area contributed by atoms with Crippen LogP contribution in [0.4, 0.5) is 13.2 Å². The number of fused-ring (bicyclic) bond motifs is 1. The van der Waals surface area contributed by atoms with Gasteiger partial charge in [0.05, 0.1) is 22.3 Å². The Balaban J connectivity index is 1.28. The summed E-state index contributed by atoms with van der Waals surface area (Å²) in [5.74, 6) is 0.485. The van der Waals surface area contributed by atoms with Crippen molar-refractivity contribution in [1.29, 1.82) is 0 Å². The van der Waals surface area contributed by atoms with E-state index >= 15 is 0 Å². The van der Waals surface area contributed by atoms with E-state index in [1.54, 1.807) is 6.20 Å². The van der Waals surface area contributed by atoms with E-state index in [0.717, 1.165) is 49.1 Å². The van der Waals surface area contributed by atoms with Gasteiger partial charge in [-0.2, -0.15) is 13.2 Å². The second kappa shape index (κ2) is 9.17. The lowest BCUT2D eigenvalue weighted by Crippen LogP contribution is -2.16. The van der Waals surface area contributed by atoms with Gasteiger partial charge in [0.2, 0.25) is 0 Å². The number of hydrogen-bond donors (Lipinski definition) is 2. The zero-order valence-electron chi connectivity index (χ0n) is 18.8. The van der Waals surface area contributed by atoms with Gasteiger partial charge in [-0.05, 0) is 73.4 Å². The quantitative estimate of drug-likeness (QED) is 0.321. The van der Waals surface area contributed by atoms with Crippen molar-refractivity contribution in [2.45, 2.75) is 44.2 Å². The van der Waals surface area contributed by atoms with Gasteiger partial charge < -0.3 is 10.1 Å². The number of halogens is 3. The lowest BCUT2D eigenvalue weighted by atomic mass is 9.77. The van der Waals surface area contributed by atoms with E-state index in [1.807, 2.05) is 24.3 Å². The van der Waals surface area contributed by atoms with Crippen LogP contribution >= 0.6 is 0 Å². The lowest BCUT2D eigenvalue weighted by molar-refractivity contribution is -0.138. The third-order valence-electron chi connectivity index (χ3n) is 6.83. The molecule has 2 aromatic heterocycles. The number of aliphatic carboxylic acids is 1. The number of nitrogens with zero attached hydrogens (tertiary/aromatic N) is 2. The molecule has 1 fully saturated rings. The topological polar surface area (TPSA) is 78.9 Å². The average molecular weight is 480 g/mol. The number of imidazole rings is 1. The number of carboxylic acid groups (broad SMARTS) is 1. The normalized spacial score (nSPS) is 18.6. The largest absolute Gasteiger partial charge is 0.481 e. The number of nitrogens with one attached hydrogen (secondary N) is 1. The highest BCUT2D eigenvalue weighted by Gasteiger charge is 2.30. The summed E-state index contributed by atoms with van der Waals surface area (Å²) >= 11 is 0. The van der Waals surface area contributed by atoms with Crippen LogP contribution < -0.4 is 0 Å². The molecule has 1 aliphatic rings. The van der Waals surface area contributed by atoms with Crippen molar-refractivity contribution in [2.24, 2.45) is 5.92 Å². The zero-order valence-corrected chi connectivity index (χ0v) is 18.8. The molecule has 35 heavy (non-hydrogen) atoms. The predicted molar refractivity (Wildman–Crippen MR) is 127 cm³/mol. The highest BCUT2D eigenvalue weighted by Crippen LogP contribution is 2.37. The van der Waals surface area contributed by atoms with Gasteiger partial charge >= 0.3 is 12.1 Å². The minimum Gasteiger partial charge on any atom is -0.481 e. The van der Waals surface area contributed by atoms with Gasteiger partial charge in [-0.1, -0.05) is 24.3 Å². The summed E-state index contributed by atoms with van der Waals surface area (Å²) in [6, 6.07) is 15.5. The Hall–Kier alpha value is -3.68. The number of rotatable bonds is 5. The fraction of sp³-hybridized carbons (Fsp3) is 0.296. The summed E-state index contributed by atoms with van der Waals surface area (Å²) in [6.45, 7) is 0. The van der Waals surface area contributed by atoms with E-state index < -0.39 is 17.7 Å². The van der Waals surface area contributed by atoms with Gasteiger partial charge in [-0.15, -0.1) is 0 Å². The Morgan fingerprint density at radius 1 is 0.971 bits per heavy atom. The fourth-order valence-corrected chi connectivity index (χ4v) is 4.90. The zero-order chi connectivity index (χ0) is 24.6. The number of H-pyrrole nitrogens is 1. The molecular formula is C27H24F3N3O2. The molecule has 5 nitrogen and oxygen atoms in total. The minimum atomic E-state index is -4.40. The second-order valence-electron chi connectivity index (χ2n) is 9.18. The maximum absolute atomic E-state index is 13.0. The molecule has 0 radical (unpaired) electrons. The van der Waals surface area contributed by atoms with E-state index in [4.69, 9.17) is 5.11 Å². The molecule has 0 spiro atoms. The Kier molecular flexibility index (Phi) is 6.05. The molecule has 0 unspecified atom stereocenters. The van der Waals surface area contributed by atoms with Crippen LogP contribution in [-0.4, -0.2) is 26.0 Å². The fourth-order valence-electron chi connectivity index (χ4n) is 4.90. The molecule has 0 aliphatic heterocycles. The highest BCUT2D eigenvalue weighted by molar-refractivity contribution is 5.80. The molecule has 180 valence electrons. The molecule has 0 amide bonds. The monoisotopic (exact) mass is 479 g/mol. The molecule has 8 heteroatoms. The third-order valence-corrected chi connectivity index (χ3v) is 6.83. The Labute approximate surface area is 200 Å². The van der Waals surface area contributed by atoms with Crippen LogP contribution in [0.5, 0.6) is 0 Å². The maximum atomic E-state index is 13.0. The van der Waals surface area contributed by atoms with E-state index in [2.05, 4.69) is 27.1 Å². The number of benzene rings is 2. The van der Waals surface area contributed by atoms with Crippen molar-refractivity contribution in [3.63, 3.8) is 0 Å². The van der Waals surface area contributed by atoms with E-state index in [0.29, 0.717) is 28.3 Å². The Bertz CT molecular complexity index is 1340. The first-order chi connectivity index (χ1) is 16.8. The van der Waals surface area contributed by atoms with Crippen LogP contribution in [0.1, 0.15) is 49.1 Å². The lowest BCUT2D eigenvalue weighted by Gasteiger charge is -2.28. The van der Waals surface area contributed by atoms with Crippen molar-refractivity contribution in [1.82, 2.24) is 15.0 Å². The maximum Gasteiger partial charge on any atom is 0.416 e. The molecule has 2 heterocycles. The minimum absolute atomic E-state index is 0.260. The molecule has 2 aromatic carbocycles. The molecule has 0 saturated heterocycles. The summed E-state index contributed by atoms with van der Waals surface area (Å²) in [5, 5.41) is 8.99. The number of pyridine rings is 1. The summed E-state index contributed by atoms with van der Waals surface area (Å²) in [4.78, 5) is 22.8. The molecule has 1 saturated carbocycles. The van der Waals surface area contributed by atoms with E-state index in [9.17, 15) is 18.0 Å². The van der Waals surface area contributed by atoms with Crippen LogP contribution in [0.3, 0.4) is 0 Å². The van der Waals surface area contributed by atoms with Crippen molar-refractivity contribution in [2.75, 3.05) is 0 Å². The molecular weight excluding hydrogens is 455 g/mol. The van der Waals surface area contributed by atoms with Gasteiger partial charge in [-0.25, -0.2) is 4.98 Å². The molecule has 0 atom stereocenters. The third kappa shape index (κ3) is 5.06. The molecule has 0 bridgehead atoms. The number of aromatic amines is 1. The molecule has 2 N–H and O–H groups in total. The summed E-state index contributed by atoms with van der Waals surface area (Å²) < 4.78 is 38.9. The Morgan fingerprint density at radius 2 is 1.69 bits per heavy atom. The summed E-state index contributed by atoms with van der Waals surface area (Å²) in [6.07, 6.45) is 1.42. The first-order valence-electron chi connectivity index (χ1n) is 11.6. The van der Waals surface area contributed by atoms with E-state index in [-0.39, 0.29) is 12.3 Å². The molecule has 1 aliphatic carbocycles. The highest BCUT2D eigenvalue weighted by atomic mass is 19.4. The smallest absolute Gasteiger partial charge is 0.416 e. The summed E-state index contributed by atoms with van der Waals surface area (Å²) in [7, 11) is 0. The number of hydrogen-bond acceptors (Lipinski definition) is 3. The van der Waals surface area contributed by atoms with Crippen molar-refractivity contribution >= 4 is 17.0 Å². The second-order valence-corrected chi connectivity index (χ2v) is 9.18. The van der Waals surface area contributed by atoms with Gasteiger partial charge in [0.1, 0.15) is 5.82 Å². The summed E-state index contributed by atoms with van der Waals surface area (Å²) in [5.41, 5.74) is 3.79. The van der Waals surface area contributed by atoms with Crippen molar-refractivity contribution in [3.8, 4) is 22.6 Å². The van der Waals surface area contributed by atoms with Crippen molar-refractivity contribution < 1.29 is 23.1 Å². The van der Waals surface area contributed by atoms with Crippen molar-refractivity contribution in [3.05, 3.63) is 71.9 Å². The van der Waals surface area contributed by atoms with Gasteiger partial charge in [0, 0.05) is 23.7 Å². The molecule has 4 aromatic rings. The van der Waals surface area contributed by atoms with Crippen LogP contribution in [0.2, 0.25) is 0 Å². The molecule has 5 rings (SSSR count). The standard InChI is InChI=1S/C27H24F3N3O2/c28-27(29,30)21-10-12-23-24(14-21)33-26(32-23)20-9-11-22(31-15-20)19-7-5-18(6-8-19)17-3-1-16(2-4-17)13-25(34)35/h5-12,14-17H,1-4,13H2,(H,32,33)(H,34,35). The first kappa shape index (κ1) is 23.1. The van der Waals surface area contributed by atoms with Gasteiger partial charge in [-0.3, -0.25) is 9.78 Å². The van der Waals surface area contributed by atoms with E-state index in [1.165, 1.54) is 11.6 Å². The number of alkyl halides is 3. The van der Waals surface area contributed by atoms with Crippen LogP contribution in [0, 0.1) is 5.92 Å². The SMILES string of the molecule is O=C(O)CC1CCC(c2ccc(-c3ccc(-c4nc5ccc(C(F)(F)F)cc5[nH]4)cn3)cc2)CC1. The average Bonchev–Trinajstić information content (AvgIpc) is 3.28. The number of carbonyl (C=O) groups is 1. The van der Waals surface area contributed by atoms with Gasteiger partial charge in [0.25, 0.3) is 0 Å². The van der Waals surface area contributed by atoms with Crippen LogP contribution in [0.15, 0.2) is 60.8 Å². The predicted octanol–water partition coefficient (Wildman–Crippen LogP) is 7.06. The number of carboxylic acids is 1. The van der Waals surface area contributed by atoms with Crippen LogP contribution in [0.25, 0.3) is 33.7 Å². The first-order valence-corrected chi connectivity index (χ1v) is 11.6. The van der Waals surface area contributed by atoms with Gasteiger partial charge in [0.15, 0.2) is 0 Å². The number of aromatic nitrogens is 3. The Morgan fingerprint density at radius 3 is 2.31 bits per heavy atom. The van der Waals surface area contributed by atoms with Crippen LogP contribution in [-0.2, 0) is 11.0 Å².